The summed E-state index contributed by atoms with van der Waals surface area (Å²) in [5, 5.41) is 11.2. The second-order valence-electron chi connectivity index (χ2n) is 13.2. The molecule has 0 aliphatic rings. The number of hydrogen-bond donors (Lipinski definition) is 1. The van der Waals surface area contributed by atoms with Crippen molar-refractivity contribution >= 4 is 11.0 Å². The summed E-state index contributed by atoms with van der Waals surface area (Å²) in [7, 11) is 0. The number of aryl methyl sites for hydroxylation is 1. The largest absolute Gasteiger partial charge is 0.507 e. The number of pyridine rings is 1. The van der Waals surface area contributed by atoms with Gasteiger partial charge in [-0.3, -0.25) is 9.55 Å². The number of aromatic hydroxyl groups is 1. The summed E-state index contributed by atoms with van der Waals surface area (Å²) in [6.45, 7) is 3.51. The fourth-order valence-electron chi connectivity index (χ4n) is 6.18. The number of phenolic OH excluding ortho intramolecular Hbond substituents is 1. The molecule has 258 valence electrons. The number of aromatic nitrogens is 3. The van der Waals surface area contributed by atoms with E-state index in [0.29, 0.717) is 44.8 Å². The van der Waals surface area contributed by atoms with Gasteiger partial charge in [0.2, 0.25) is 0 Å². The van der Waals surface area contributed by atoms with Crippen molar-refractivity contribution < 1.29 is 41.3 Å². The maximum absolute atomic E-state index is 11.2. The molecule has 4 nitrogen and oxygen atoms in total. The summed E-state index contributed by atoms with van der Waals surface area (Å²) in [5.74, 6) is 0.295. The van der Waals surface area contributed by atoms with E-state index in [1.165, 1.54) is 0 Å². The van der Waals surface area contributed by atoms with Crippen molar-refractivity contribution in [3.05, 3.63) is 169 Å². The first kappa shape index (κ1) is 23.8. The Morgan fingerprint density at radius 2 is 1.48 bits per heavy atom. The second-order valence-corrected chi connectivity index (χ2v) is 13.2. The molecule has 6 aromatic carbocycles. The monoisotopic (exact) mass is 866 g/mol. The molecular weight excluding hydrogens is 818 g/mol. The Morgan fingerprint density at radius 3 is 2.25 bits per heavy atom. The molecule has 0 atom stereocenters. The molecule has 0 saturated carbocycles. The summed E-state index contributed by atoms with van der Waals surface area (Å²) >= 11 is 0. The third-order valence-corrected chi connectivity index (χ3v) is 8.80. The molecule has 0 aliphatic heterocycles. The van der Waals surface area contributed by atoms with Crippen molar-refractivity contribution in [1.82, 2.24) is 14.5 Å². The summed E-state index contributed by atoms with van der Waals surface area (Å²) in [6, 6.07) is 29.8. The number of nitrogens with zero attached hydrogens (tertiary/aromatic N) is 3. The molecule has 0 fully saturated rings. The molecule has 2 heterocycles. The number of hydrogen-bond acceptors (Lipinski definition) is 3. The van der Waals surface area contributed by atoms with Crippen LogP contribution in [0.1, 0.15) is 47.0 Å². The Kier molecular flexibility index (Phi) is 6.51. The van der Waals surface area contributed by atoms with Gasteiger partial charge in [0.05, 0.1) is 27.6 Å². The number of para-hydroxylation sites is 2. The van der Waals surface area contributed by atoms with E-state index in [4.69, 9.17) is 18.7 Å². The van der Waals surface area contributed by atoms with E-state index >= 15 is 0 Å². The van der Waals surface area contributed by atoms with Crippen molar-refractivity contribution in [2.45, 2.75) is 33.0 Å². The van der Waals surface area contributed by atoms with Gasteiger partial charge in [-0.05, 0) is 76.5 Å². The van der Waals surface area contributed by atoms with Gasteiger partial charge in [0, 0.05) is 42.7 Å². The van der Waals surface area contributed by atoms with Crippen LogP contribution in [-0.2, 0) is 26.5 Å². The quantitative estimate of drug-likeness (QED) is 0.169. The molecule has 0 bridgehead atoms. The van der Waals surface area contributed by atoms with E-state index in [1.54, 1.807) is 42.5 Å². The minimum absolute atomic E-state index is 0. The maximum Gasteiger partial charge on any atom is 0.148 e. The Balaban J connectivity index is 0.00000595. The zero-order chi connectivity index (χ0) is 44.6. The number of fused-ring (bicyclic) bond motifs is 1. The van der Waals surface area contributed by atoms with Crippen LogP contribution in [0.25, 0.3) is 72.7 Å². The first-order valence-electron chi connectivity index (χ1n) is 21.9. The Labute approximate surface area is 335 Å². The zero-order valence-corrected chi connectivity index (χ0v) is 30.7. The number of imidazole rings is 1. The van der Waals surface area contributed by atoms with Gasteiger partial charge >= 0.3 is 0 Å². The second kappa shape index (κ2) is 14.2. The van der Waals surface area contributed by atoms with Gasteiger partial charge in [0.15, 0.2) is 0 Å². The third kappa shape index (κ3) is 6.63. The molecule has 0 amide bonds. The van der Waals surface area contributed by atoms with Crippen LogP contribution in [0.4, 0.5) is 0 Å². The van der Waals surface area contributed by atoms with Crippen molar-refractivity contribution in [2.75, 3.05) is 0 Å². The van der Waals surface area contributed by atoms with Gasteiger partial charge in [0.1, 0.15) is 11.6 Å². The normalized spacial score (nSPS) is 14.6. The van der Waals surface area contributed by atoms with Crippen molar-refractivity contribution in [3.63, 3.8) is 0 Å². The predicted octanol–water partition coefficient (Wildman–Crippen LogP) is 11.9. The molecule has 1 N–H and O–H groups in total. The minimum Gasteiger partial charge on any atom is -0.507 e. The van der Waals surface area contributed by atoms with Crippen LogP contribution in [0.5, 0.6) is 5.75 Å². The van der Waals surface area contributed by atoms with E-state index in [9.17, 15) is 6.48 Å². The van der Waals surface area contributed by atoms with Gasteiger partial charge in [-0.1, -0.05) is 129 Å². The fourth-order valence-corrected chi connectivity index (χ4v) is 6.18. The number of rotatable bonds is 6. The number of phenols is 1. The summed E-state index contributed by atoms with van der Waals surface area (Å²) in [6.07, 6.45) is -0.559. The van der Waals surface area contributed by atoms with Crippen LogP contribution in [0.15, 0.2) is 152 Å². The standard InChI is InChI=1S/C47H38N3O.Pt/c1-31-26-38(22-23-39(31)33-16-9-6-10-17-33)50-43-20-13-19-40(45(43)49-46(50)41-18-11-12-21-44(41)51)35-27-36(29-37(28-35)47(2,3)4)42-30-34(24-25-48-42)32-14-7-5-8-15-32;/h5-26,28-30,51H,1-4H3;/q-1;/i1D3,5D,7D,8D,14D,15D,24D,25D,30D;. The minimum atomic E-state index is -2.49. The van der Waals surface area contributed by atoms with Crippen molar-refractivity contribution in [1.29, 1.82) is 0 Å². The third-order valence-electron chi connectivity index (χ3n) is 8.80. The van der Waals surface area contributed by atoms with Crippen LogP contribution >= 0.6 is 0 Å². The van der Waals surface area contributed by atoms with Crippen LogP contribution in [0, 0.1) is 12.9 Å². The Bertz CT molecular complexity index is 3080. The number of benzene rings is 6. The average molecular weight is 867 g/mol. The molecular formula is C47H38N3OPt-. The summed E-state index contributed by atoms with van der Waals surface area (Å²) in [4.78, 5) is 9.49. The predicted molar refractivity (Wildman–Crippen MR) is 210 cm³/mol. The molecule has 0 spiro atoms. The molecule has 8 rings (SSSR count). The van der Waals surface area contributed by atoms with E-state index in [1.807, 2.05) is 86.0 Å². The van der Waals surface area contributed by atoms with Gasteiger partial charge < -0.3 is 5.11 Å². The molecule has 0 aliphatic carbocycles. The molecule has 8 aromatic rings. The van der Waals surface area contributed by atoms with Crippen LogP contribution in [0.3, 0.4) is 0 Å². The van der Waals surface area contributed by atoms with Gasteiger partial charge in [0.25, 0.3) is 0 Å². The van der Waals surface area contributed by atoms with Gasteiger partial charge in [-0.2, -0.15) is 0 Å². The zero-order valence-electron chi connectivity index (χ0n) is 39.4. The summed E-state index contributed by atoms with van der Waals surface area (Å²) < 4.78 is 96.0. The smallest absolute Gasteiger partial charge is 0.148 e. The maximum atomic E-state index is 11.2. The van der Waals surface area contributed by atoms with Crippen LogP contribution in [-0.4, -0.2) is 19.6 Å². The molecule has 0 unspecified atom stereocenters. The van der Waals surface area contributed by atoms with Crippen LogP contribution in [0.2, 0.25) is 0 Å². The topological polar surface area (TPSA) is 50.9 Å². The molecule has 5 heteroatoms. The SMILES string of the molecule is [2H]c1nc(-c2[c-]c(-c3cccc4c3nc(-c3ccccc3O)n4-c3ccc(-c4ccccc4)c(C([2H])([2H])[2H])c3)cc(C(C)(C)C)c2)c([2H])c(-c2c([2H])c([2H])c([2H])c([2H])c2[2H])c1[2H].[Pt]. The average Bonchev–Trinajstić information content (AvgIpc) is 3.63. The summed E-state index contributed by atoms with van der Waals surface area (Å²) in [5.41, 5.74) is 4.24. The van der Waals surface area contributed by atoms with E-state index in [-0.39, 0.29) is 54.8 Å². The molecule has 0 radical (unpaired) electrons. The molecule has 0 saturated heterocycles. The Morgan fingerprint density at radius 1 is 0.731 bits per heavy atom. The van der Waals surface area contributed by atoms with Gasteiger partial charge in [-0.15, -0.1) is 29.3 Å². The molecule has 2 aromatic heterocycles. The van der Waals surface area contributed by atoms with Crippen LogP contribution < -0.4 is 0 Å². The van der Waals surface area contributed by atoms with Crippen molar-refractivity contribution in [2.24, 2.45) is 0 Å². The first-order valence-corrected chi connectivity index (χ1v) is 16.4. The Hall–Kier alpha value is -5.57. The first-order chi connectivity index (χ1) is 29.3. The molecule has 52 heavy (non-hydrogen) atoms. The fraction of sp³-hybridized carbons (Fsp3) is 0.106. The van der Waals surface area contributed by atoms with E-state index in [2.05, 4.69) is 11.1 Å². The van der Waals surface area contributed by atoms with E-state index in [0.717, 1.165) is 11.1 Å². The van der Waals surface area contributed by atoms with Gasteiger partial charge in [-0.25, -0.2) is 4.98 Å². The van der Waals surface area contributed by atoms with E-state index < -0.39 is 60.7 Å². The van der Waals surface area contributed by atoms with Crippen molar-refractivity contribution in [3.8, 4) is 67.5 Å².